The molecule has 0 aromatic heterocycles. The molecule has 0 bridgehead atoms. The van der Waals surface area contributed by atoms with Crippen LogP contribution >= 0.6 is 0 Å². The van der Waals surface area contributed by atoms with E-state index in [0.717, 1.165) is 24.3 Å². The number of carbonyl (C=O) groups excluding carboxylic acids is 2. The SMILES string of the molecule is CCOc1ccc(OCC(=O)NC2CCN(C(=O)c3ccc(OC)cc3)CC2)cc1. The number of methoxy groups -OCH3 is 1. The second-order valence-corrected chi connectivity index (χ2v) is 7.06. The third-order valence-electron chi connectivity index (χ3n) is 4.99. The van der Waals surface area contributed by atoms with Gasteiger partial charge in [-0.25, -0.2) is 0 Å². The normalized spacial score (nSPS) is 14.1. The summed E-state index contributed by atoms with van der Waals surface area (Å²) < 4.78 is 16.0. The highest BCUT2D eigenvalue weighted by Gasteiger charge is 2.24. The van der Waals surface area contributed by atoms with Gasteiger partial charge in [-0.3, -0.25) is 9.59 Å². The Morgan fingerprint density at radius 2 is 1.50 bits per heavy atom. The first-order valence-corrected chi connectivity index (χ1v) is 10.2. The lowest BCUT2D eigenvalue weighted by Gasteiger charge is -2.32. The number of benzene rings is 2. The van der Waals surface area contributed by atoms with Crippen LogP contribution in [0.15, 0.2) is 48.5 Å². The van der Waals surface area contributed by atoms with Crippen molar-refractivity contribution >= 4 is 11.8 Å². The quantitative estimate of drug-likeness (QED) is 0.721. The summed E-state index contributed by atoms with van der Waals surface area (Å²) in [5.41, 5.74) is 0.641. The zero-order chi connectivity index (χ0) is 21.3. The Bertz CT molecular complexity index is 828. The fourth-order valence-electron chi connectivity index (χ4n) is 3.36. The van der Waals surface area contributed by atoms with E-state index in [4.69, 9.17) is 14.2 Å². The summed E-state index contributed by atoms with van der Waals surface area (Å²) in [6.45, 7) is 3.70. The molecule has 1 aliphatic heterocycles. The Labute approximate surface area is 176 Å². The van der Waals surface area contributed by atoms with Gasteiger partial charge in [-0.1, -0.05) is 0 Å². The summed E-state index contributed by atoms with van der Waals surface area (Å²) in [6, 6.07) is 14.3. The maximum Gasteiger partial charge on any atom is 0.258 e. The number of likely N-dealkylation sites (tertiary alicyclic amines) is 1. The minimum absolute atomic E-state index is 0.00117. The van der Waals surface area contributed by atoms with Gasteiger partial charge in [-0.15, -0.1) is 0 Å². The van der Waals surface area contributed by atoms with Gasteiger partial charge in [0.2, 0.25) is 0 Å². The van der Waals surface area contributed by atoms with Crippen LogP contribution in [0.2, 0.25) is 0 Å². The van der Waals surface area contributed by atoms with Crippen LogP contribution in [0.5, 0.6) is 17.2 Å². The van der Waals surface area contributed by atoms with Gasteiger partial charge >= 0.3 is 0 Å². The molecular weight excluding hydrogens is 384 g/mol. The van der Waals surface area contributed by atoms with Crippen LogP contribution in [0.3, 0.4) is 0 Å². The van der Waals surface area contributed by atoms with Gasteiger partial charge < -0.3 is 24.4 Å². The number of nitrogens with zero attached hydrogens (tertiary/aromatic N) is 1. The molecule has 0 aliphatic carbocycles. The second-order valence-electron chi connectivity index (χ2n) is 7.06. The summed E-state index contributed by atoms with van der Waals surface area (Å²) in [5.74, 6) is 1.95. The van der Waals surface area contributed by atoms with E-state index < -0.39 is 0 Å². The average molecular weight is 412 g/mol. The molecule has 0 unspecified atom stereocenters. The predicted octanol–water partition coefficient (Wildman–Crippen LogP) is 2.89. The third-order valence-corrected chi connectivity index (χ3v) is 4.99. The van der Waals surface area contributed by atoms with E-state index in [1.807, 2.05) is 24.0 Å². The molecule has 1 N–H and O–H groups in total. The lowest BCUT2D eigenvalue weighted by molar-refractivity contribution is -0.124. The van der Waals surface area contributed by atoms with Gasteiger partial charge in [0, 0.05) is 24.7 Å². The zero-order valence-corrected chi connectivity index (χ0v) is 17.4. The molecule has 0 saturated carbocycles. The minimum Gasteiger partial charge on any atom is -0.497 e. The maximum absolute atomic E-state index is 12.6. The summed E-state index contributed by atoms with van der Waals surface area (Å²) in [4.78, 5) is 26.6. The zero-order valence-electron chi connectivity index (χ0n) is 17.4. The van der Waals surface area contributed by atoms with Gasteiger partial charge in [0.1, 0.15) is 17.2 Å². The standard InChI is InChI=1S/C23H28N2O5/c1-3-29-20-8-10-21(11-9-20)30-16-22(26)24-18-12-14-25(15-13-18)23(27)17-4-6-19(28-2)7-5-17/h4-11,18H,3,12-16H2,1-2H3,(H,24,26). The van der Waals surface area contributed by atoms with Crippen molar-refractivity contribution in [1.82, 2.24) is 10.2 Å². The highest BCUT2D eigenvalue weighted by atomic mass is 16.5. The Balaban J connectivity index is 1.40. The molecular formula is C23H28N2O5. The van der Waals surface area contributed by atoms with E-state index in [-0.39, 0.29) is 24.5 Å². The highest BCUT2D eigenvalue weighted by Crippen LogP contribution is 2.18. The van der Waals surface area contributed by atoms with Gasteiger partial charge in [-0.2, -0.15) is 0 Å². The lowest BCUT2D eigenvalue weighted by Crippen LogP contribution is -2.47. The molecule has 1 heterocycles. The van der Waals surface area contributed by atoms with E-state index in [9.17, 15) is 9.59 Å². The molecule has 2 aromatic carbocycles. The van der Waals surface area contributed by atoms with Crippen molar-refractivity contribution < 1.29 is 23.8 Å². The van der Waals surface area contributed by atoms with Crippen molar-refractivity contribution in [2.75, 3.05) is 33.4 Å². The Hall–Kier alpha value is -3.22. The molecule has 1 aliphatic rings. The van der Waals surface area contributed by atoms with Crippen LogP contribution in [0, 0.1) is 0 Å². The lowest BCUT2D eigenvalue weighted by atomic mass is 10.0. The van der Waals surface area contributed by atoms with Crippen molar-refractivity contribution in [3.05, 3.63) is 54.1 Å². The molecule has 0 radical (unpaired) electrons. The summed E-state index contributed by atoms with van der Waals surface area (Å²) in [7, 11) is 1.60. The van der Waals surface area contributed by atoms with Crippen molar-refractivity contribution in [2.45, 2.75) is 25.8 Å². The van der Waals surface area contributed by atoms with Gasteiger partial charge in [0.25, 0.3) is 11.8 Å². The molecule has 0 atom stereocenters. The summed E-state index contributed by atoms with van der Waals surface area (Å²) >= 11 is 0. The van der Waals surface area contributed by atoms with Crippen LogP contribution in [-0.2, 0) is 4.79 Å². The molecule has 1 fully saturated rings. The number of hydrogen-bond donors (Lipinski definition) is 1. The molecule has 7 heteroatoms. The predicted molar refractivity (Wildman–Crippen MR) is 113 cm³/mol. The topological polar surface area (TPSA) is 77.1 Å². The Morgan fingerprint density at radius 3 is 2.07 bits per heavy atom. The number of amides is 2. The number of hydrogen-bond acceptors (Lipinski definition) is 5. The van der Waals surface area contributed by atoms with E-state index >= 15 is 0 Å². The number of piperidine rings is 1. The average Bonchev–Trinajstić information content (AvgIpc) is 2.79. The van der Waals surface area contributed by atoms with Crippen LogP contribution in [0.4, 0.5) is 0 Å². The van der Waals surface area contributed by atoms with E-state index in [1.165, 1.54) is 0 Å². The van der Waals surface area contributed by atoms with Gasteiger partial charge in [0.15, 0.2) is 6.61 Å². The van der Waals surface area contributed by atoms with Gasteiger partial charge in [-0.05, 0) is 68.3 Å². The summed E-state index contributed by atoms with van der Waals surface area (Å²) in [6.07, 6.45) is 1.44. The molecule has 3 rings (SSSR count). The smallest absolute Gasteiger partial charge is 0.258 e. The number of carbonyl (C=O) groups is 2. The highest BCUT2D eigenvalue weighted by molar-refractivity contribution is 5.94. The van der Waals surface area contributed by atoms with Crippen molar-refractivity contribution in [3.63, 3.8) is 0 Å². The maximum atomic E-state index is 12.6. The Morgan fingerprint density at radius 1 is 0.933 bits per heavy atom. The first kappa shape index (κ1) is 21.5. The van der Waals surface area contributed by atoms with Crippen LogP contribution in [0.1, 0.15) is 30.1 Å². The van der Waals surface area contributed by atoms with Crippen molar-refractivity contribution in [1.29, 1.82) is 0 Å². The largest absolute Gasteiger partial charge is 0.497 e. The monoisotopic (exact) mass is 412 g/mol. The van der Waals surface area contributed by atoms with Crippen molar-refractivity contribution in [3.8, 4) is 17.2 Å². The Kier molecular flexibility index (Phi) is 7.54. The third kappa shape index (κ3) is 5.89. The minimum atomic E-state index is -0.163. The van der Waals surface area contributed by atoms with Gasteiger partial charge in [0.05, 0.1) is 13.7 Å². The fraction of sp³-hybridized carbons (Fsp3) is 0.391. The van der Waals surface area contributed by atoms with E-state index in [1.54, 1.807) is 43.5 Å². The molecule has 30 heavy (non-hydrogen) atoms. The van der Waals surface area contributed by atoms with Crippen molar-refractivity contribution in [2.24, 2.45) is 0 Å². The summed E-state index contributed by atoms with van der Waals surface area (Å²) in [5, 5.41) is 2.99. The fourth-order valence-corrected chi connectivity index (χ4v) is 3.36. The first-order chi connectivity index (χ1) is 14.6. The molecule has 1 saturated heterocycles. The van der Waals surface area contributed by atoms with Crippen LogP contribution in [0.25, 0.3) is 0 Å². The molecule has 2 amide bonds. The molecule has 7 nitrogen and oxygen atoms in total. The first-order valence-electron chi connectivity index (χ1n) is 10.2. The molecule has 0 spiro atoms. The van der Waals surface area contributed by atoms with E-state index in [2.05, 4.69) is 5.32 Å². The van der Waals surface area contributed by atoms with E-state index in [0.29, 0.717) is 31.0 Å². The van der Waals surface area contributed by atoms with Crippen LogP contribution in [-0.4, -0.2) is 56.2 Å². The number of ether oxygens (including phenoxy) is 3. The number of rotatable bonds is 8. The number of nitrogens with one attached hydrogen (secondary N) is 1. The second kappa shape index (κ2) is 10.5. The molecule has 160 valence electrons. The molecule has 2 aromatic rings. The van der Waals surface area contributed by atoms with Crippen LogP contribution < -0.4 is 19.5 Å².